The van der Waals surface area contributed by atoms with Crippen molar-refractivity contribution in [1.82, 2.24) is 10.3 Å². The van der Waals surface area contributed by atoms with Gasteiger partial charge in [-0.05, 0) is 29.7 Å². The molecule has 148 valence electrons. The summed E-state index contributed by atoms with van der Waals surface area (Å²) in [5.74, 6) is -0.795. The van der Waals surface area contributed by atoms with Crippen LogP contribution < -0.4 is 5.32 Å². The highest BCUT2D eigenvalue weighted by Crippen LogP contribution is 2.27. The average molecular weight is 409 g/mol. The highest BCUT2D eigenvalue weighted by Gasteiger charge is 2.15. The molecule has 0 bridgehead atoms. The quantitative estimate of drug-likeness (QED) is 0.447. The molecule has 0 atom stereocenters. The fraction of sp³-hybridized carbons (Fsp3) is 0.174. The Morgan fingerprint density at radius 1 is 0.931 bits per heavy atom. The van der Waals surface area contributed by atoms with Crippen LogP contribution in [0.25, 0.3) is 0 Å². The number of carbonyl (C=O) groups excluding carboxylic acids is 2. The van der Waals surface area contributed by atoms with Gasteiger partial charge in [0, 0.05) is 18.7 Å². The maximum atomic E-state index is 12.1. The van der Waals surface area contributed by atoms with E-state index in [0.717, 1.165) is 6.42 Å². The molecule has 0 aliphatic heterocycles. The van der Waals surface area contributed by atoms with Crippen molar-refractivity contribution in [2.75, 3.05) is 13.2 Å². The van der Waals surface area contributed by atoms with E-state index in [9.17, 15) is 9.59 Å². The average Bonchev–Trinajstić information content (AvgIpc) is 2.77. The maximum absolute atomic E-state index is 12.1. The molecule has 2 aromatic carbocycles. The maximum Gasteiger partial charge on any atom is 0.340 e. The molecule has 1 aromatic heterocycles. The molecule has 0 aliphatic carbocycles. The first-order valence-corrected chi connectivity index (χ1v) is 9.66. The minimum Gasteiger partial charge on any atom is -0.452 e. The minimum atomic E-state index is -0.615. The number of carbonyl (C=O) groups is 2. The molecule has 3 aromatic rings. The second-order valence-electron chi connectivity index (χ2n) is 6.46. The Morgan fingerprint density at radius 3 is 2.10 bits per heavy atom. The van der Waals surface area contributed by atoms with E-state index in [4.69, 9.17) is 16.3 Å². The third kappa shape index (κ3) is 6.16. The zero-order valence-corrected chi connectivity index (χ0v) is 16.5. The minimum absolute atomic E-state index is 0.167. The molecule has 3 rings (SSSR count). The van der Waals surface area contributed by atoms with Gasteiger partial charge in [-0.3, -0.25) is 4.79 Å². The number of aromatic nitrogens is 1. The van der Waals surface area contributed by atoms with Crippen LogP contribution in [-0.4, -0.2) is 30.0 Å². The number of pyridine rings is 1. The normalized spacial score (nSPS) is 10.6. The number of amides is 1. The Kier molecular flexibility index (Phi) is 7.36. The van der Waals surface area contributed by atoms with Crippen molar-refractivity contribution in [2.45, 2.75) is 12.3 Å². The van der Waals surface area contributed by atoms with E-state index in [1.807, 2.05) is 36.4 Å². The molecular weight excluding hydrogens is 388 g/mol. The van der Waals surface area contributed by atoms with Crippen molar-refractivity contribution in [3.8, 4) is 0 Å². The van der Waals surface area contributed by atoms with Crippen molar-refractivity contribution in [1.29, 1.82) is 0 Å². The number of halogens is 1. The summed E-state index contributed by atoms with van der Waals surface area (Å²) >= 11 is 5.69. The van der Waals surface area contributed by atoms with E-state index in [2.05, 4.69) is 34.6 Å². The zero-order valence-electron chi connectivity index (χ0n) is 15.8. The molecule has 1 amide bonds. The van der Waals surface area contributed by atoms with Crippen LogP contribution in [0.1, 0.15) is 33.8 Å². The van der Waals surface area contributed by atoms with E-state index in [-0.39, 0.29) is 29.1 Å². The zero-order chi connectivity index (χ0) is 20.5. The van der Waals surface area contributed by atoms with Gasteiger partial charge in [-0.1, -0.05) is 72.3 Å². The van der Waals surface area contributed by atoms with E-state index in [0.29, 0.717) is 6.54 Å². The summed E-state index contributed by atoms with van der Waals surface area (Å²) in [6.07, 6.45) is 2.04. The second-order valence-corrected chi connectivity index (χ2v) is 6.85. The summed E-state index contributed by atoms with van der Waals surface area (Å²) in [6.45, 7) is 0.121. The molecule has 0 saturated carbocycles. The number of hydrogen-bond acceptors (Lipinski definition) is 4. The number of rotatable bonds is 8. The van der Waals surface area contributed by atoms with Crippen molar-refractivity contribution in [3.63, 3.8) is 0 Å². The summed E-state index contributed by atoms with van der Waals surface area (Å²) < 4.78 is 5.02. The Labute approximate surface area is 174 Å². The van der Waals surface area contributed by atoms with Crippen LogP contribution in [0.2, 0.25) is 5.15 Å². The fourth-order valence-corrected chi connectivity index (χ4v) is 3.13. The summed E-state index contributed by atoms with van der Waals surface area (Å²) in [6, 6.07) is 23.3. The number of nitrogens with zero attached hydrogens (tertiary/aromatic N) is 1. The summed E-state index contributed by atoms with van der Waals surface area (Å²) in [5, 5.41) is 3.10. The van der Waals surface area contributed by atoms with E-state index in [1.54, 1.807) is 0 Å². The van der Waals surface area contributed by atoms with Gasteiger partial charge in [-0.15, -0.1) is 0 Å². The summed E-state index contributed by atoms with van der Waals surface area (Å²) in [4.78, 5) is 27.8. The first-order chi connectivity index (χ1) is 14.1. The van der Waals surface area contributed by atoms with Crippen LogP contribution in [0.4, 0.5) is 0 Å². The van der Waals surface area contributed by atoms with Crippen molar-refractivity contribution >= 4 is 23.5 Å². The first-order valence-electron chi connectivity index (χ1n) is 9.29. The first kappa shape index (κ1) is 20.6. The fourth-order valence-electron chi connectivity index (χ4n) is 3.01. The van der Waals surface area contributed by atoms with Crippen LogP contribution in [0.5, 0.6) is 0 Å². The van der Waals surface area contributed by atoms with E-state index < -0.39 is 5.97 Å². The highest BCUT2D eigenvalue weighted by molar-refractivity contribution is 6.29. The van der Waals surface area contributed by atoms with E-state index in [1.165, 1.54) is 29.5 Å². The van der Waals surface area contributed by atoms with Gasteiger partial charge < -0.3 is 10.1 Å². The predicted molar refractivity (Wildman–Crippen MR) is 112 cm³/mol. The molecule has 0 radical (unpaired) electrons. The summed E-state index contributed by atoms with van der Waals surface area (Å²) in [7, 11) is 0. The van der Waals surface area contributed by atoms with Crippen LogP contribution in [-0.2, 0) is 9.53 Å². The van der Waals surface area contributed by atoms with Gasteiger partial charge in [-0.2, -0.15) is 0 Å². The Balaban J connectivity index is 1.51. The Bertz CT molecular complexity index is 892. The van der Waals surface area contributed by atoms with Crippen LogP contribution in [0.15, 0.2) is 79.0 Å². The molecule has 1 N–H and O–H groups in total. The lowest BCUT2D eigenvalue weighted by molar-refractivity contribution is -0.124. The van der Waals surface area contributed by atoms with E-state index >= 15 is 0 Å². The molecule has 0 saturated heterocycles. The second kappa shape index (κ2) is 10.4. The Hall–Kier alpha value is -3.18. The van der Waals surface area contributed by atoms with Gasteiger partial charge in [0.25, 0.3) is 5.91 Å². The monoisotopic (exact) mass is 408 g/mol. The lowest BCUT2D eigenvalue weighted by Gasteiger charge is -2.18. The lowest BCUT2D eigenvalue weighted by Crippen LogP contribution is -2.30. The third-order valence-electron chi connectivity index (χ3n) is 4.46. The molecule has 1 heterocycles. The number of benzene rings is 2. The molecule has 0 fully saturated rings. The standard InChI is InChI=1S/C23H21ClN2O3/c24-21-12-11-19(15-26-21)23(28)29-16-22(27)25-14-13-20(17-7-3-1-4-8-17)18-9-5-2-6-10-18/h1-12,15,20H,13-14,16H2,(H,25,27). The van der Waals surface area contributed by atoms with Crippen LogP contribution in [0.3, 0.4) is 0 Å². The van der Waals surface area contributed by atoms with Crippen molar-refractivity contribution in [3.05, 3.63) is 101 Å². The summed E-state index contributed by atoms with van der Waals surface area (Å²) in [5.41, 5.74) is 2.62. The molecule has 0 spiro atoms. The van der Waals surface area contributed by atoms with Gasteiger partial charge in [0.2, 0.25) is 0 Å². The number of esters is 1. The molecule has 5 nitrogen and oxygen atoms in total. The van der Waals surface area contributed by atoms with Crippen LogP contribution >= 0.6 is 11.6 Å². The van der Waals surface area contributed by atoms with Gasteiger partial charge in [0.1, 0.15) is 5.15 Å². The molecular formula is C23H21ClN2O3. The topological polar surface area (TPSA) is 68.3 Å². The predicted octanol–water partition coefficient (Wildman–Crippen LogP) is 4.23. The van der Waals surface area contributed by atoms with Gasteiger partial charge >= 0.3 is 5.97 Å². The van der Waals surface area contributed by atoms with Crippen molar-refractivity contribution in [2.24, 2.45) is 0 Å². The lowest BCUT2D eigenvalue weighted by atomic mass is 9.88. The Morgan fingerprint density at radius 2 is 1.55 bits per heavy atom. The number of nitrogens with one attached hydrogen (secondary N) is 1. The van der Waals surface area contributed by atoms with Gasteiger partial charge in [0.15, 0.2) is 6.61 Å². The smallest absolute Gasteiger partial charge is 0.340 e. The molecule has 0 aliphatic rings. The number of hydrogen-bond donors (Lipinski definition) is 1. The molecule has 0 unspecified atom stereocenters. The SMILES string of the molecule is O=C(COC(=O)c1ccc(Cl)nc1)NCCC(c1ccccc1)c1ccccc1. The molecule has 29 heavy (non-hydrogen) atoms. The van der Waals surface area contributed by atoms with Gasteiger partial charge in [-0.25, -0.2) is 9.78 Å². The molecule has 6 heteroatoms. The highest BCUT2D eigenvalue weighted by atomic mass is 35.5. The van der Waals surface area contributed by atoms with Gasteiger partial charge in [0.05, 0.1) is 5.56 Å². The third-order valence-corrected chi connectivity index (χ3v) is 4.68. The largest absolute Gasteiger partial charge is 0.452 e. The van der Waals surface area contributed by atoms with Crippen LogP contribution in [0, 0.1) is 0 Å². The van der Waals surface area contributed by atoms with Crippen molar-refractivity contribution < 1.29 is 14.3 Å². The number of ether oxygens (including phenoxy) is 1.